The molecule has 1 saturated heterocycles. The van der Waals surface area contributed by atoms with Gasteiger partial charge in [-0.15, -0.1) is 0 Å². The summed E-state index contributed by atoms with van der Waals surface area (Å²) in [6, 6.07) is 7.81. The molecule has 128 valence electrons. The minimum Gasteiger partial charge on any atom is -0.870 e. The molecule has 4 rings (SSSR count). The molecule has 2 aromatic heterocycles. The zero-order chi connectivity index (χ0) is 16.7. The number of benzene rings is 1. The maximum absolute atomic E-state index is 12.9. The molecule has 7 nitrogen and oxygen atoms in total. The number of anilines is 1. The van der Waals surface area contributed by atoms with Crippen molar-refractivity contribution in [3.63, 3.8) is 0 Å². The van der Waals surface area contributed by atoms with E-state index in [4.69, 9.17) is 0 Å². The van der Waals surface area contributed by atoms with E-state index in [1.165, 1.54) is 6.33 Å². The Morgan fingerprint density at radius 1 is 1.23 bits per heavy atom. The van der Waals surface area contributed by atoms with Crippen molar-refractivity contribution in [3.05, 3.63) is 52.5 Å². The fourth-order valence-corrected chi connectivity index (χ4v) is 3.40. The Labute approximate surface area is 200 Å². The minimum atomic E-state index is -0.165. The molecule has 1 amide bonds. The molecule has 1 aliphatic rings. The van der Waals surface area contributed by atoms with E-state index in [-0.39, 0.29) is 74.4 Å². The van der Waals surface area contributed by atoms with E-state index in [1.807, 2.05) is 24.3 Å². The normalized spacial score (nSPS) is 16.3. The number of aromatic nitrogens is 3. The molecule has 2 N–H and O–H groups in total. The van der Waals surface area contributed by atoms with Crippen LogP contribution in [0, 0.1) is 0 Å². The maximum Gasteiger partial charge on any atom is 1.00 e. The van der Waals surface area contributed by atoms with Crippen LogP contribution < -0.4 is 56.3 Å². The van der Waals surface area contributed by atoms with Gasteiger partial charge in [-0.1, -0.05) is 33.6 Å². The van der Waals surface area contributed by atoms with Crippen molar-refractivity contribution >= 4 is 44.8 Å². The summed E-state index contributed by atoms with van der Waals surface area (Å²) in [5.74, 6) is -0.129. The molecular weight excluding hydrogens is 427 g/mol. The number of hydrogen-bond donors (Lipinski definition) is 1. The molecule has 1 fully saturated rings. The van der Waals surface area contributed by atoms with Gasteiger partial charge in [0.05, 0.1) is 11.6 Å². The Balaban J connectivity index is 0.00000121. The number of carbonyl (C=O) groups is 1. The quantitative estimate of drug-likeness (QED) is 0.438. The molecule has 0 aliphatic carbocycles. The van der Waals surface area contributed by atoms with E-state index in [9.17, 15) is 9.59 Å². The molecule has 1 unspecified atom stereocenters. The van der Waals surface area contributed by atoms with Gasteiger partial charge < -0.3 is 20.2 Å². The summed E-state index contributed by atoms with van der Waals surface area (Å²) in [6.45, 7) is 0.608. The number of fused-ring (bicyclic) bond motifs is 1. The fourth-order valence-electron chi connectivity index (χ4n) is 3.13. The number of carbonyl (C=O) groups excluding carboxylic acids is 2. The van der Waals surface area contributed by atoms with Gasteiger partial charge in [0.15, 0.2) is 0 Å². The van der Waals surface area contributed by atoms with E-state index in [0.717, 1.165) is 16.5 Å². The first-order valence-corrected chi connectivity index (χ1v) is 8.25. The largest absolute Gasteiger partial charge is 1.00 e. The molecule has 9 heteroatoms. The van der Waals surface area contributed by atoms with Crippen molar-refractivity contribution in [2.45, 2.75) is 12.3 Å². The first kappa shape index (κ1) is 21.4. The van der Waals surface area contributed by atoms with Crippen LogP contribution in [0.2, 0.25) is 0 Å². The van der Waals surface area contributed by atoms with Crippen LogP contribution in [0.1, 0.15) is 23.6 Å². The molecule has 0 radical (unpaired) electrons. The number of halogens is 1. The van der Waals surface area contributed by atoms with Crippen molar-refractivity contribution in [2.24, 2.45) is 0 Å². The summed E-state index contributed by atoms with van der Waals surface area (Å²) in [7, 11) is 0. The van der Waals surface area contributed by atoms with Crippen LogP contribution >= 0.6 is 15.9 Å². The van der Waals surface area contributed by atoms with Crippen molar-refractivity contribution in [1.82, 2.24) is 15.0 Å². The van der Waals surface area contributed by atoms with Gasteiger partial charge in [0.1, 0.15) is 6.33 Å². The molecule has 1 atom stereocenters. The Morgan fingerprint density at radius 2 is 1.96 bits per heavy atom. The van der Waals surface area contributed by atoms with Gasteiger partial charge in [0, 0.05) is 29.0 Å². The number of rotatable bonds is 3. The molecule has 1 aromatic carbocycles. The second-order valence-electron chi connectivity index (χ2n) is 5.60. The molecular formula is C17H13BrKN4O3-. The van der Waals surface area contributed by atoms with Gasteiger partial charge >= 0.3 is 51.4 Å². The van der Waals surface area contributed by atoms with Gasteiger partial charge in [0.25, 0.3) is 0 Å². The second-order valence-corrected chi connectivity index (χ2v) is 6.52. The molecule has 26 heavy (non-hydrogen) atoms. The van der Waals surface area contributed by atoms with Crippen molar-refractivity contribution in [3.8, 4) is 0 Å². The first-order valence-electron chi connectivity index (χ1n) is 7.46. The fraction of sp³-hybridized carbons (Fsp3) is 0.176. The maximum atomic E-state index is 12.9. The van der Waals surface area contributed by atoms with E-state index >= 15 is 0 Å². The van der Waals surface area contributed by atoms with Gasteiger partial charge in [-0.05, 0) is 29.8 Å². The summed E-state index contributed by atoms with van der Waals surface area (Å²) in [5, 5.41) is 0. The van der Waals surface area contributed by atoms with Gasteiger partial charge in [0.2, 0.25) is 5.91 Å². The van der Waals surface area contributed by atoms with Crippen molar-refractivity contribution in [1.29, 1.82) is 0 Å². The molecule has 0 spiro atoms. The third-order valence-electron chi connectivity index (χ3n) is 4.31. The van der Waals surface area contributed by atoms with Gasteiger partial charge in [-0.25, -0.2) is 0 Å². The van der Waals surface area contributed by atoms with E-state index in [2.05, 4.69) is 30.9 Å². The molecule has 0 saturated carbocycles. The standard InChI is InChI=1S/C17H12BrN4O2.K.H2O/c18-11-3-1-10(2-4-11)12-5-6-22(17(12)24)14-7-19-15-13(8-23)20-9-21-16(14)15;;/h1-4,7,9,12,19H,5-6H2;;1H2/q-1;+1;/p-1. The predicted octanol–water partition coefficient (Wildman–Crippen LogP) is -0.474. The number of aromatic amines is 1. The zero-order valence-corrected chi connectivity index (χ0v) is 18.6. The van der Waals surface area contributed by atoms with Crippen LogP contribution in [-0.4, -0.2) is 39.2 Å². The minimum absolute atomic E-state index is 0. The SMILES string of the molecule is O=[C-]c1ncnc2c(N3CCC(c4ccc(Br)cc4)C3=O)c[nH]c12.[K+].[OH-]. The summed E-state index contributed by atoms with van der Waals surface area (Å²) in [6.07, 6.45) is 5.53. The Kier molecular flexibility index (Phi) is 7.25. The van der Waals surface area contributed by atoms with Crippen LogP contribution in [0.4, 0.5) is 5.69 Å². The number of nitrogens with zero attached hydrogens (tertiary/aromatic N) is 3. The second kappa shape index (κ2) is 8.83. The van der Waals surface area contributed by atoms with E-state index in [0.29, 0.717) is 23.3 Å². The van der Waals surface area contributed by atoms with E-state index in [1.54, 1.807) is 17.4 Å². The van der Waals surface area contributed by atoms with Crippen LogP contribution in [0.3, 0.4) is 0 Å². The van der Waals surface area contributed by atoms with Crippen LogP contribution in [-0.2, 0) is 9.59 Å². The summed E-state index contributed by atoms with van der Waals surface area (Å²) < 4.78 is 0.986. The average Bonchev–Trinajstić information content (AvgIpc) is 3.19. The van der Waals surface area contributed by atoms with Crippen LogP contribution in [0.25, 0.3) is 11.0 Å². The van der Waals surface area contributed by atoms with Gasteiger partial charge in [-0.3, -0.25) is 14.8 Å². The predicted molar refractivity (Wildman–Crippen MR) is 94.5 cm³/mol. The summed E-state index contributed by atoms with van der Waals surface area (Å²) >= 11 is 3.41. The third kappa shape index (κ3) is 3.70. The molecule has 1 aliphatic heterocycles. The number of hydrogen-bond acceptors (Lipinski definition) is 5. The first-order chi connectivity index (χ1) is 11.7. The van der Waals surface area contributed by atoms with E-state index < -0.39 is 0 Å². The monoisotopic (exact) mass is 439 g/mol. The zero-order valence-electron chi connectivity index (χ0n) is 13.9. The topological polar surface area (TPSA) is 109 Å². The summed E-state index contributed by atoms with van der Waals surface area (Å²) in [5.41, 5.74) is 2.91. The van der Waals surface area contributed by atoms with Gasteiger partial charge in [-0.2, -0.15) is 0 Å². The average molecular weight is 440 g/mol. The molecule has 3 aromatic rings. The Hall–Kier alpha value is -0.944. The Bertz CT molecular complexity index is 945. The molecule has 3 heterocycles. The smallest absolute Gasteiger partial charge is 0.870 e. The van der Waals surface area contributed by atoms with Crippen LogP contribution in [0.5, 0.6) is 0 Å². The molecule has 0 bridgehead atoms. The third-order valence-corrected chi connectivity index (χ3v) is 4.84. The number of amides is 1. The Morgan fingerprint density at radius 3 is 2.65 bits per heavy atom. The number of H-pyrrole nitrogens is 1. The van der Waals surface area contributed by atoms with Crippen molar-refractivity contribution in [2.75, 3.05) is 11.4 Å². The van der Waals surface area contributed by atoms with Crippen molar-refractivity contribution < 1.29 is 66.4 Å². The number of nitrogens with one attached hydrogen (secondary N) is 1. The van der Waals surface area contributed by atoms with Crippen LogP contribution in [0.15, 0.2) is 41.3 Å². The summed E-state index contributed by atoms with van der Waals surface area (Å²) in [4.78, 5) is 36.6.